The van der Waals surface area contributed by atoms with Crippen LogP contribution in [0.2, 0.25) is 0 Å². The highest BCUT2D eigenvalue weighted by Gasteiger charge is 2.29. The van der Waals surface area contributed by atoms with Gasteiger partial charge in [-0.3, -0.25) is 9.20 Å². The zero-order chi connectivity index (χ0) is 19.7. The van der Waals surface area contributed by atoms with Gasteiger partial charge in [-0.2, -0.15) is 4.31 Å². The molecule has 9 heteroatoms. The second-order valence-corrected chi connectivity index (χ2v) is 8.75. The van der Waals surface area contributed by atoms with Gasteiger partial charge in [0.2, 0.25) is 15.8 Å². The lowest BCUT2D eigenvalue weighted by atomic mass is 10.2. The van der Waals surface area contributed by atoms with Crippen LogP contribution in [0.1, 0.15) is 22.5 Å². The number of amides is 1. The van der Waals surface area contributed by atoms with E-state index in [1.807, 2.05) is 6.92 Å². The van der Waals surface area contributed by atoms with E-state index in [1.165, 1.54) is 4.31 Å². The van der Waals surface area contributed by atoms with Gasteiger partial charge in [-0.1, -0.05) is 17.7 Å². The lowest BCUT2D eigenvalue weighted by molar-refractivity contribution is 0.0759. The first-order valence-electron chi connectivity index (χ1n) is 9.11. The summed E-state index contributed by atoms with van der Waals surface area (Å²) in [5.41, 5.74) is 1.32. The smallest absolute Gasteiger partial charge is 0.274 e. The third-order valence-electron chi connectivity index (χ3n) is 4.86. The van der Waals surface area contributed by atoms with Gasteiger partial charge in [-0.05, 0) is 31.5 Å². The van der Waals surface area contributed by atoms with E-state index in [4.69, 9.17) is 0 Å². The number of hydrogen-bond acceptors (Lipinski definition) is 5. The van der Waals surface area contributed by atoms with Crippen molar-refractivity contribution in [1.29, 1.82) is 0 Å². The summed E-state index contributed by atoms with van der Waals surface area (Å²) in [6.45, 7) is 3.37. The third-order valence-corrected chi connectivity index (χ3v) is 6.77. The van der Waals surface area contributed by atoms with Gasteiger partial charge in [0.25, 0.3) is 5.91 Å². The highest BCUT2D eigenvalue weighted by atomic mass is 32.2. The number of rotatable bonds is 3. The zero-order valence-corrected chi connectivity index (χ0v) is 16.3. The summed E-state index contributed by atoms with van der Waals surface area (Å²) in [5.74, 6) is 0.254. The molecule has 1 aromatic carbocycles. The number of fused-ring (bicyclic) bond motifs is 1. The fourth-order valence-electron chi connectivity index (χ4n) is 3.29. The van der Waals surface area contributed by atoms with Crippen LogP contribution in [-0.2, 0) is 10.0 Å². The average molecular weight is 399 g/mol. The van der Waals surface area contributed by atoms with Crippen LogP contribution in [0.3, 0.4) is 0 Å². The minimum Gasteiger partial charge on any atom is -0.336 e. The molecule has 1 saturated heterocycles. The van der Waals surface area contributed by atoms with Crippen LogP contribution in [0.5, 0.6) is 0 Å². The molecule has 0 saturated carbocycles. The minimum atomic E-state index is -3.57. The van der Waals surface area contributed by atoms with Crippen molar-refractivity contribution >= 4 is 21.7 Å². The molecule has 8 nitrogen and oxygen atoms in total. The van der Waals surface area contributed by atoms with E-state index in [9.17, 15) is 13.2 Å². The Hall–Kier alpha value is -2.78. The second-order valence-electron chi connectivity index (χ2n) is 6.82. The average Bonchev–Trinajstić information content (AvgIpc) is 2.96. The molecule has 1 aliphatic rings. The van der Waals surface area contributed by atoms with E-state index in [2.05, 4.69) is 9.97 Å². The summed E-state index contributed by atoms with van der Waals surface area (Å²) in [6, 6.07) is 8.60. The highest BCUT2D eigenvalue weighted by Crippen LogP contribution is 2.19. The molecular formula is C19H21N5O3S. The molecular weight excluding hydrogens is 378 g/mol. The van der Waals surface area contributed by atoms with Gasteiger partial charge < -0.3 is 4.90 Å². The first kappa shape index (κ1) is 18.6. The van der Waals surface area contributed by atoms with Crippen LogP contribution in [-0.4, -0.2) is 64.1 Å². The Morgan fingerprint density at radius 3 is 2.61 bits per heavy atom. The summed E-state index contributed by atoms with van der Waals surface area (Å²) >= 11 is 0. The first-order valence-corrected chi connectivity index (χ1v) is 10.5. The molecule has 0 unspecified atom stereocenters. The molecule has 0 bridgehead atoms. The fourth-order valence-corrected chi connectivity index (χ4v) is 4.76. The number of benzene rings is 1. The quantitative estimate of drug-likeness (QED) is 0.667. The van der Waals surface area contributed by atoms with Crippen LogP contribution < -0.4 is 0 Å². The van der Waals surface area contributed by atoms with Crippen molar-refractivity contribution in [2.24, 2.45) is 0 Å². The zero-order valence-electron chi connectivity index (χ0n) is 15.5. The monoisotopic (exact) mass is 399 g/mol. The molecule has 4 rings (SSSR count). The van der Waals surface area contributed by atoms with Crippen molar-refractivity contribution in [3.05, 3.63) is 60.2 Å². The topological polar surface area (TPSA) is 87.9 Å². The van der Waals surface area contributed by atoms with Crippen molar-refractivity contribution in [2.75, 3.05) is 26.2 Å². The Morgan fingerprint density at radius 1 is 1.07 bits per heavy atom. The molecule has 1 aliphatic heterocycles. The summed E-state index contributed by atoms with van der Waals surface area (Å²) in [6.07, 6.45) is 5.62. The number of sulfonamides is 1. The van der Waals surface area contributed by atoms with Gasteiger partial charge in [0.15, 0.2) is 0 Å². The Kier molecular flexibility index (Phi) is 4.86. The van der Waals surface area contributed by atoms with Gasteiger partial charge in [0.05, 0.1) is 4.90 Å². The first-order chi connectivity index (χ1) is 13.4. The van der Waals surface area contributed by atoms with Crippen LogP contribution >= 0.6 is 0 Å². The predicted octanol–water partition coefficient (Wildman–Crippen LogP) is 1.57. The highest BCUT2D eigenvalue weighted by molar-refractivity contribution is 7.89. The van der Waals surface area contributed by atoms with Gasteiger partial charge in [0.1, 0.15) is 5.69 Å². The van der Waals surface area contributed by atoms with Crippen LogP contribution in [0.4, 0.5) is 0 Å². The molecule has 3 heterocycles. The largest absolute Gasteiger partial charge is 0.336 e. The Bertz CT molecular complexity index is 1080. The fraction of sp³-hybridized carbons (Fsp3) is 0.316. The molecule has 0 atom stereocenters. The molecule has 1 fully saturated rings. The predicted molar refractivity (Wildman–Crippen MR) is 103 cm³/mol. The summed E-state index contributed by atoms with van der Waals surface area (Å²) in [7, 11) is -3.57. The standard InChI is InChI=1S/C19H21N5O3S/c1-15-4-6-16(7-5-15)28(26,27)24-11-3-10-22(12-13-24)18(25)17-14-23-9-2-8-20-19(23)21-17/h2,4-9,14H,3,10-13H2,1H3. The molecule has 0 aliphatic carbocycles. The van der Waals surface area contributed by atoms with Gasteiger partial charge in [-0.15, -0.1) is 0 Å². The van der Waals surface area contributed by atoms with Gasteiger partial charge >= 0.3 is 0 Å². The summed E-state index contributed by atoms with van der Waals surface area (Å²) in [4.78, 5) is 23.2. The number of imidazole rings is 1. The van der Waals surface area contributed by atoms with Gasteiger partial charge in [0, 0.05) is 44.8 Å². The Labute approximate surface area is 163 Å². The van der Waals surface area contributed by atoms with Crippen molar-refractivity contribution < 1.29 is 13.2 Å². The molecule has 0 spiro atoms. The third kappa shape index (κ3) is 3.50. The molecule has 3 aromatic rings. The molecule has 2 aromatic heterocycles. The normalized spacial score (nSPS) is 16.2. The lowest BCUT2D eigenvalue weighted by Gasteiger charge is -2.21. The number of aromatic nitrogens is 3. The van der Waals surface area contributed by atoms with Crippen molar-refractivity contribution in [1.82, 2.24) is 23.6 Å². The maximum atomic E-state index is 12.9. The Balaban J connectivity index is 1.50. The minimum absolute atomic E-state index is 0.208. The van der Waals surface area contributed by atoms with E-state index in [0.717, 1.165) is 5.56 Å². The van der Waals surface area contributed by atoms with E-state index in [0.29, 0.717) is 37.5 Å². The molecule has 0 radical (unpaired) electrons. The Morgan fingerprint density at radius 2 is 1.86 bits per heavy atom. The van der Waals surface area contributed by atoms with Gasteiger partial charge in [-0.25, -0.2) is 18.4 Å². The SMILES string of the molecule is Cc1ccc(S(=O)(=O)N2CCCN(C(=O)c3cn4cccnc4n3)CC2)cc1. The van der Waals surface area contributed by atoms with Crippen LogP contribution in [0.15, 0.2) is 53.8 Å². The lowest BCUT2D eigenvalue weighted by Crippen LogP contribution is -2.37. The maximum absolute atomic E-state index is 12.9. The molecule has 28 heavy (non-hydrogen) atoms. The number of carbonyl (C=O) groups excluding carboxylic acids is 1. The van der Waals surface area contributed by atoms with E-state index < -0.39 is 10.0 Å². The van der Waals surface area contributed by atoms with Crippen LogP contribution in [0, 0.1) is 6.92 Å². The number of nitrogens with zero attached hydrogens (tertiary/aromatic N) is 5. The summed E-state index contributed by atoms with van der Waals surface area (Å²) < 4.78 is 29.0. The van der Waals surface area contributed by atoms with E-state index in [1.54, 1.807) is 58.2 Å². The van der Waals surface area contributed by atoms with E-state index in [-0.39, 0.29) is 17.3 Å². The van der Waals surface area contributed by atoms with Crippen molar-refractivity contribution in [2.45, 2.75) is 18.2 Å². The van der Waals surface area contributed by atoms with Crippen molar-refractivity contribution in [3.8, 4) is 0 Å². The van der Waals surface area contributed by atoms with Crippen molar-refractivity contribution in [3.63, 3.8) is 0 Å². The second kappa shape index (κ2) is 7.33. The van der Waals surface area contributed by atoms with E-state index >= 15 is 0 Å². The number of carbonyl (C=O) groups is 1. The number of aryl methyl sites for hydroxylation is 1. The summed E-state index contributed by atoms with van der Waals surface area (Å²) in [5, 5.41) is 0. The number of hydrogen-bond donors (Lipinski definition) is 0. The molecule has 0 N–H and O–H groups in total. The molecule has 1 amide bonds. The van der Waals surface area contributed by atoms with Crippen LogP contribution in [0.25, 0.3) is 5.78 Å². The molecule has 146 valence electrons. The maximum Gasteiger partial charge on any atom is 0.274 e.